The van der Waals surface area contributed by atoms with Gasteiger partial charge in [-0.15, -0.1) is 11.3 Å². The Morgan fingerprint density at radius 1 is 1.48 bits per heavy atom. The fourth-order valence-electron chi connectivity index (χ4n) is 2.67. The van der Waals surface area contributed by atoms with E-state index in [1.165, 1.54) is 18.4 Å². The normalized spacial score (nSPS) is 21.2. The van der Waals surface area contributed by atoms with E-state index in [9.17, 15) is 4.79 Å². The van der Waals surface area contributed by atoms with Gasteiger partial charge in [0, 0.05) is 13.1 Å². The van der Waals surface area contributed by atoms with Gasteiger partial charge >= 0.3 is 5.97 Å². The lowest BCUT2D eigenvalue weighted by Gasteiger charge is -2.42. The third-order valence-electron chi connectivity index (χ3n) is 3.31. The number of hydrogen-bond donors (Lipinski definition) is 1. The van der Waals surface area contributed by atoms with Crippen LogP contribution in [0.15, 0.2) is 0 Å². The van der Waals surface area contributed by atoms with E-state index >= 15 is 0 Å². The molecular weight excluding hydrogens is 292 g/mol. The van der Waals surface area contributed by atoms with Gasteiger partial charge in [0.1, 0.15) is 15.6 Å². The highest BCUT2D eigenvalue weighted by atomic mass is 32.1. The second-order valence-electron chi connectivity index (χ2n) is 5.74. The molecule has 1 aromatic heterocycles. The van der Waals surface area contributed by atoms with E-state index in [4.69, 9.17) is 19.9 Å². The van der Waals surface area contributed by atoms with Gasteiger partial charge in [0.25, 0.3) is 0 Å². The maximum absolute atomic E-state index is 11.8. The van der Waals surface area contributed by atoms with Crippen LogP contribution in [0.4, 0.5) is 10.7 Å². The Morgan fingerprint density at radius 3 is 2.67 bits per heavy atom. The minimum Gasteiger partial charge on any atom is -0.492 e. The molecule has 0 aliphatic carbocycles. The average Bonchev–Trinajstić information content (AvgIpc) is 2.72. The number of thiophene rings is 1. The number of nitrogen functional groups attached to an aromatic ring is 1. The molecule has 7 heteroatoms. The average molecular weight is 314 g/mol. The van der Waals surface area contributed by atoms with Crippen molar-refractivity contribution in [3.05, 3.63) is 4.88 Å². The number of esters is 1. The quantitative estimate of drug-likeness (QED) is 0.862. The van der Waals surface area contributed by atoms with E-state index in [0.29, 0.717) is 22.9 Å². The number of nitrogens with two attached hydrogens (primary N) is 1. The molecule has 1 saturated heterocycles. The molecule has 2 heterocycles. The number of hydrogen-bond acceptors (Lipinski definition) is 7. The van der Waals surface area contributed by atoms with Gasteiger partial charge < -0.3 is 24.8 Å². The molecule has 0 amide bonds. The molecule has 1 aromatic rings. The molecular formula is C14H22N2O4S. The smallest absolute Gasteiger partial charge is 0.350 e. The van der Waals surface area contributed by atoms with Crippen molar-refractivity contribution in [3.63, 3.8) is 0 Å². The molecule has 0 bridgehead atoms. The highest BCUT2D eigenvalue weighted by Gasteiger charge is 2.35. The molecule has 0 spiro atoms. The van der Waals surface area contributed by atoms with Gasteiger partial charge in [-0.05, 0) is 20.8 Å². The first kappa shape index (κ1) is 15.9. The number of methoxy groups -OCH3 is 2. The van der Waals surface area contributed by atoms with Crippen LogP contribution in [-0.2, 0) is 9.47 Å². The zero-order valence-corrected chi connectivity index (χ0v) is 13.9. The first-order valence-electron chi connectivity index (χ1n) is 6.76. The molecule has 1 aliphatic heterocycles. The number of anilines is 2. The van der Waals surface area contributed by atoms with E-state index < -0.39 is 5.97 Å². The molecule has 1 fully saturated rings. The Labute approximate surface area is 128 Å². The van der Waals surface area contributed by atoms with E-state index in [0.717, 1.165) is 11.5 Å². The van der Waals surface area contributed by atoms with Crippen molar-refractivity contribution >= 4 is 28.0 Å². The van der Waals surface area contributed by atoms with Crippen molar-refractivity contribution in [2.24, 2.45) is 0 Å². The third-order valence-corrected chi connectivity index (χ3v) is 4.54. The monoisotopic (exact) mass is 314 g/mol. The van der Waals surface area contributed by atoms with Crippen LogP contribution in [0, 0.1) is 0 Å². The fourth-order valence-corrected chi connectivity index (χ4v) is 3.79. The molecule has 2 rings (SSSR count). The van der Waals surface area contributed by atoms with Crippen LogP contribution in [0.3, 0.4) is 0 Å². The van der Waals surface area contributed by atoms with Crippen LogP contribution in [-0.4, -0.2) is 45.0 Å². The summed E-state index contributed by atoms with van der Waals surface area (Å²) in [5.74, 6) is 0.0907. The van der Waals surface area contributed by atoms with Gasteiger partial charge in [-0.25, -0.2) is 4.79 Å². The van der Waals surface area contributed by atoms with Crippen LogP contribution >= 0.6 is 11.3 Å². The van der Waals surface area contributed by atoms with E-state index in [-0.39, 0.29) is 11.7 Å². The molecule has 0 aromatic carbocycles. The van der Waals surface area contributed by atoms with Crippen LogP contribution in [0.5, 0.6) is 5.75 Å². The number of ether oxygens (including phenoxy) is 3. The summed E-state index contributed by atoms with van der Waals surface area (Å²) in [5.41, 5.74) is 6.09. The highest BCUT2D eigenvalue weighted by Crippen LogP contribution is 2.46. The lowest BCUT2D eigenvalue weighted by atomic mass is 10.1. The number of nitrogens with zero attached hydrogens (tertiary/aromatic N) is 1. The van der Waals surface area contributed by atoms with Crippen LogP contribution in [0.25, 0.3) is 0 Å². The van der Waals surface area contributed by atoms with Gasteiger partial charge in [-0.1, -0.05) is 0 Å². The molecule has 0 saturated carbocycles. The number of morpholine rings is 1. The lowest BCUT2D eigenvalue weighted by molar-refractivity contribution is -0.0748. The molecule has 21 heavy (non-hydrogen) atoms. The molecule has 1 aliphatic rings. The summed E-state index contributed by atoms with van der Waals surface area (Å²) < 4.78 is 16.1. The van der Waals surface area contributed by atoms with Gasteiger partial charge in [-0.3, -0.25) is 0 Å². The molecule has 1 unspecified atom stereocenters. The van der Waals surface area contributed by atoms with Crippen LogP contribution < -0.4 is 15.4 Å². The first-order chi connectivity index (χ1) is 9.79. The van der Waals surface area contributed by atoms with Crippen molar-refractivity contribution in [3.8, 4) is 5.75 Å². The molecule has 0 radical (unpaired) electrons. The topological polar surface area (TPSA) is 74.0 Å². The summed E-state index contributed by atoms with van der Waals surface area (Å²) in [6.45, 7) is 7.54. The van der Waals surface area contributed by atoms with Crippen molar-refractivity contribution in [1.82, 2.24) is 0 Å². The highest BCUT2D eigenvalue weighted by molar-refractivity contribution is 7.19. The van der Waals surface area contributed by atoms with Crippen molar-refractivity contribution in [1.29, 1.82) is 0 Å². The molecule has 2 N–H and O–H groups in total. The van der Waals surface area contributed by atoms with Crippen LogP contribution in [0.2, 0.25) is 0 Å². The van der Waals surface area contributed by atoms with E-state index in [2.05, 4.69) is 4.90 Å². The summed E-state index contributed by atoms with van der Waals surface area (Å²) in [6.07, 6.45) is 0.0864. The molecule has 1 atom stereocenters. The van der Waals surface area contributed by atoms with Gasteiger partial charge in [0.2, 0.25) is 0 Å². The second kappa shape index (κ2) is 5.73. The number of carbonyl (C=O) groups is 1. The lowest BCUT2D eigenvalue weighted by Crippen LogP contribution is -2.51. The Balaban J connectivity index is 2.41. The van der Waals surface area contributed by atoms with E-state index in [1.54, 1.807) is 7.11 Å². The van der Waals surface area contributed by atoms with Crippen molar-refractivity contribution < 1.29 is 19.0 Å². The third kappa shape index (κ3) is 3.08. The van der Waals surface area contributed by atoms with Gasteiger partial charge in [0.05, 0.1) is 25.9 Å². The number of rotatable bonds is 3. The SMILES string of the molecule is COC(=O)c1sc(N2CC(C)OC(C)(C)C2)c(OC)c1N. The zero-order valence-electron chi connectivity index (χ0n) is 13.1. The Kier molecular flexibility index (Phi) is 4.34. The predicted molar refractivity (Wildman–Crippen MR) is 83.5 cm³/mol. The van der Waals surface area contributed by atoms with E-state index in [1.807, 2.05) is 20.8 Å². The maximum atomic E-state index is 11.8. The largest absolute Gasteiger partial charge is 0.492 e. The summed E-state index contributed by atoms with van der Waals surface area (Å²) >= 11 is 1.30. The van der Waals surface area contributed by atoms with Crippen molar-refractivity contribution in [2.45, 2.75) is 32.5 Å². The maximum Gasteiger partial charge on any atom is 0.350 e. The standard InChI is InChI=1S/C14H22N2O4S/c1-8-6-16(7-14(2,3)20-8)12-10(18-4)9(15)11(21-12)13(17)19-5/h8H,6-7,15H2,1-5H3. The predicted octanol–water partition coefficient (Wildman–Crippen LogP) is 2.13. The minimum absolute atomic E-state index is 0.0864. The fraction of sp³-hybridized carbons (Fsp3) is 0.643. The first-order valence-corrected chi connectivity index (χ1v) is 7.58. The second-order valence-corrected chi connectivity index (χ2v) is 6.74. The molecule has 118 valence electrons. The summed E-state index contributed by atoms with van der Waals surface area (Å²) in [4.78, 5) is 14.3. The zero-order chi connectivity index (χ0) is 15.8. The Hall–Kier alpha value is -1.47. The Morgan fingerprint density at radius 2 is 2.14 bits per heavy atom. The van der Waals surface area contributed by atoms with Gasteiger partial charge in [-0.2, -0.15) is 0 Å². The molecule has 6 nitrogen and oxygen atoms in total. The summed E-state index contributed by atoms with van der Waals surface area (Å²) in [6, 6.07) is 0. The minimum atomic E-state index is -0.442. The summed E-state index contributed by atoms with van der Waals surface area (Å²) in [5, 5.41) is 0.846. The number of carbonyl (C=O) groups excluding carboxylic acids is 1. The van der Waals surface area contributed by atoms with Crippen molar-refractivity contribution in [2.75, 3.05) is 37.9 Å². The van der Waals surface area contributed by atoms with Gasteiger partial charge in [0.15, 0.2) is 5.75 Å². The Bertz CT molecular complexity index is 541. The van der Waals surface area contributed by atoms with Crippen LogP contribution in [0.1, 0.15) is 30.4 Å². The summed E-state index contributed by atoms with van der Waals surface area (Å²) in [7, 11) is 2.89.